The van der Waals surface area contributed by atoms with Gasteiger partial charge in [0.2, 0.25) is 0 Å². The zero-order valence-electron chi connectivity index (χ0n) is 16.8. The minimum atomic E-state index is -0.656. The summed E-state index contributed by atoms with van der Waals surface area (Å²) in [5.74, 6) is -0.171. The van der Waals surface area contributed by atoms with Gasteiger partial charge in [0.25, 0.3) is 11.8 Å². The molecule has 0 aromatic heterocycles. The molecule has 0 bridgehead atoms. The minimum Gasteiger partial charge on any atom is -0.490 e. The van der Waals surface area contributed by atoms with E-state index in [1.54, 1.807) is 12.1 Å². The first-order chi connectivity index (χ1) is 14.3. The highest BCUT2D eigenvalue weighted by molar-refractivity contribution is 14.1. The molecule has 4 amide bonds. The Morgan fingerprint density at radius 1 is 0.967 bits per heavy atom. The van der Waals surface area contributed by atoms with E-state index in [2.05, 4.69) is 22.6 Å². The molecule has 156 valence electrons. The molecule has 0 atom stereocenters. The van der Waals surface area contributed by atoms with E-state index < -0.39 is 17.8 Å². The Bertz CT molecular complexity index is 994. The molecule has 30 heavy (non-hydrogen) atoms. The van der Waals surface area contributed by atoms with Crippen molar-refractivity contribution in [1.82, 2.24) is 9.80 Å². The molecule has 0 spiro atoms. The first kappa shape index (κ1) is 21.8. The van der Waals surface area contributed by atoms with Gasteiger partial charge in [0.05, 0.1) is 10.2 Å². The van der Waals surface area contributed by atoms with Crippen molar-refractivity contribution in [1.29, 1.82) is 0 Å². The molecule has 0 radical (unpaired) electrons. The van der Waals surface area contributed by atoms with Crippen molar-refractivity contribution in [2.24, 2.45) is 0 Å². The highest BCUT2D eigenvalue weighted by Gasteiger charge is 2.37. The molecule has 8 heteroatoms. The number of hydrogen-bond donors (Lipinski definition) is 0. The summed E-state index contributed by atoms with van der Waals surface area (Å²) in [7, 11) is 2.69. The number of rotatable bonds is 6. The molecule has 0 N–H and O–H groups in total. The molecule has 2 aromatic carbocycles. The van der Waals surface area contributed by atoms with Crippen LogP contribution in [0.25, 0.3) is 6.08 Å². The van der Waals surface area contributed by atoms with Gasteiger partial charge in [-0.05, 0) is 58.9 Å². The summed E-state index contributed by atoms with van der Waals surface area (Å²) in [6, 6.07) is 12.6. The number of hydrogen-bond acceptors (Lipinski definition) is 5. The van der Waals surface area contributed by atoms with E-state index in [0.717, 1.165) is 18.9 Å². The van der Waals surface area contributed by atoms with Crippen LogP contribution in [0, 0.1) is 3.57 Å². The number of carbonyl (C=O) groups excluding carboxylic acids is 3. The lowest BCUT2D eigenvalue weighted by molar-refractivity contribution is -0.134. The van der Waals surface area contributed by atoms with E-state index in [1.807, 2.05) is 37.3 Å². The fraction of sp³-hybridized carbons (Fsp3) is 0.227. The molecule has 3 rings (SSSR count). The summed E-state index contributed by atoms with van der Waals surface area (Å²) in [4.78, 5) is 38.6. The number of ether oxygens (including phenoxy) is 2. The van der Waals surface area contributed by atoms with E-state index in [-0.39, 0.29) is 5.57 Å². The van der Waals surface area contributed by atoms with Crippen LogP contribution in [0.2, 0.25) is 0 Å². The van der Waals surface area contributed by atoms with Gasteiger partial charge in [-0.3, -0.25) is 19.4 Å². The first-order valence-corrected chi connectivity index (χ1v) is 10.4. The molecule has 1 aliphatic heterocycles. The van der Waals surface area contributed by atoms with E-state index in [9.17, 15) is 14.4 Å². The maximum Gasteiger partial charge on any atom is 0.333 e. The Morgan fingerprint density at radius 3 is 2.20 bits per heavy atom. The van der Waals surface area contributed by atoms with Crippen molar-refractivity contribution in [3.05, 3.63) is 62.7 Å². The van der Waals surface area contributed by atoms with Crippen LogP contribution in [-0.4, -0.2) is 48.3 Å². The van der Waals surface area contributed by atoms with Crippen LogP contribution in [0.3, 0.4) is 0 Å². The van der Waals surface area contributed by atoms with E-state index >= 15 is 0 Å². The summed E-state index contributed by atoms with van der Waals surface area (Å²) < 4.78 is 12.5. The SMILES string of the molecule is CCOc1cc(C=C2C(=O)N(C)C(=O)N(C)C2=O)cc(I)c1OCc1ccccc1. The van der Waals surface area contributed by atoms with Gasteiger partial charge in [0, 0.05) is 14.1 Å². The molecule has 0 aliphatic carbocycles. The van der Waals surface area contributed by atoms with Crippen LogP contribution >= 0.6 is 22.6 Å². The van der Waals surface area contributed by atoms with E-state index in [4.69, 9.17) is 9.47 Å². The number of urea groups is 1. The van der Waals surface area contributed by atoms with Crippen LogP contribution in [0.4, 0.5) is 4.79 Å². The molecule has 2 aromatic rings. The third-order valence-electron chi connectivity index (χ3n) is 4.51. The molecular formula is C22H21IN2O5. The van der Waals surface area contributed by atoms with Crippen molar-refractivity contribution in [3.8, 4) is 11.5 Å². The van der Waals surface area contributed by atoms with E-state index in [0.29, 0.717) is 30.3 Å². The Morgan fingerprint density at radius 2 is 1.60 bits per heavy atom. The fourth-order valence-corrected chi connectivity index (χ4v) is 3.73. The van der Waals surface area contributed by atoms with Crippen LogP contribution in [0.5, 0.6) is 11.5 Å². The molecular weight excluding hydrogens is 499 g/mol. The number of halogens is 1. The zero-order chi connectivity index (χ0) is 21.8. The van der Waals surface area contributed by atoms with Gasteiger partial charge in [-0.25, -0.2) is 4.79 Å². The highest BCUT2D eigenvalue weighted by Crippen LogP contribution is 2.36. The largest absolute Gasteiger partial charge is 0.490 e. The van der Waals surface area contributed by atoms with Crippen molar-refractivity contribution in [2.45, 2.75) is 13.5 Å². The highest BCUT2D eigenvalue weighted by atomic mass is 127. The second kappa shape index (κ2) is 9.29. The van der Waals surface area contributed by atoms with Crippen LogP contribution in [-0.2, 0) is 16.2 Å². The Balaban J connectivity index is 1.94. The maximum atomic E-state index is 12.4. The third-order valence-corrected chi connectivity index (χ3v) is 5.31. The normalized spacial score (nSPS) is 14.3. The molecule has 1 aliphatic rings. The topological polar surface area (TPSA) is 76.2 Å². The lowest BCUT2D eigenvalue weighted by atomic mass is 10.1. The van der Waals surface area contributed by atoms with Gasteiger partial charge < -0.3 is 9.47 Å². The lowest BCUT2D eigenvalue weighted by Crippen LogP contribution is -2.52. The van der Waals surface area contributed by atoms with Gasteiger partial charge in [0.15, 0.2) is 11.5 Å². The summed E-state index contributed by atoms with van der Waals surface area (Å²) in [6.07, 6.45) is 1.47. The summed E-state index contributed by atoms with van der Waals surface area (Å²) in [5, 5.41) is 0. The second-order valence-corrected chi connectivity index (χ2v) is 7.77. The van der Waals surface area contributed by atoms with Crippen LogP contribution in [0.1, 0.15) is 18.1 Å². The monoisotopic (exact) mass is 520 g/mol. The molecule has 1 heterocycles. The molecule has 0 unspecified atom stereocenters. The Hall–Kier alpha value is -2.88. The average Bonchev–Trinajstić information content (AvgIpc) is 2.74. The standard InChI is InChI=1S/C22H21IN2O5/c1-4-29-18-12-15(10-16-20(26)24(2)22(28)25(3)21(16)27)11-17(23)19(18)30-13-14-8-6-5-7-9-14/h5-12H,4,13H2,1-3H3. The predicted molar refractivity (Wildman–Crippen MR) is 120 cm³/mol. The summed E-state index contributed by atoms with van der Waals surface area (Å²) >= 11 is 2.13. The van der Waals surface area contributed by atoms with Gasteiger partial charge in [-0.2, -0.15) is 0 Å². The molecule has 1 saturated heterocycles. The number of amides is 4. The van der Waals surface area contributed by atoms with E-state index in [1.165, 1.54) is 20.2 Å². The third kappa shape index (κ3) is 4.48. The van der Waals surface area contributed by atoms with Crippen molar-refractivity contribution in [2.75, 3.05) is 20.7 Å². The van der Waals surface area contributed by atoms with Crippen molar-refractivity contribution in [3.63, 3.8) is 0 Å². The zero-order valence-corrected chi connectivity index (χ0v) is 19.0. The Kier molecular flexibility index (Phi) is 6.76. The minimum absolute atomic E-state index is 0.0872. The van der Waals surface area contributed by atoms with Crippen molar-refractivity contribution < 1.29 is 23.9 Å². The summed E-state index contributed by atoms with van der Waals surface area (Å²) in [6.45, 7) is 2.67. The molecule has 1 fully saturated rings. The van der Waals surface area contributed by atoms with Gasteiger partial charge in [-0.15, -0.1) is 0 Å². The average molecular weight is 520 g/mol. The quantitative estimate of drug-likeness (QED) is 0.330. The maximum absolute atomic E-state index is 12.4. The number of benzene rings is 2. The van der Waals surface area contributed by atoms with Gasteiger partial charge >= 0.3 is 6.03 Å². The number of barbiturate groups is 1. The smallest absolute Gasteiger partial charge is 0.333 e. The Labute approximate surface area is 188 Å². The van der Waals surface area contributed by atoms with Gasteiger partial charge in [-0.1, -0.05) is 30.3 Å². The first-order valence-electron chi connectivity index (χ1n) is 9.28. The lowest BCUT2D eigenvalue weighted by Gasteiger charge is -2.28. The fourth-order valence-electron chi connectivity index (χ4n) is 2.95. The number of imide groups is 2. The summed E-state index contributed by atoms with van der Waals surface area (Å²) in [5.41, 5.74) is 1.54. The number of likely N-dealkylation sites (N-methyl/N-ethyl adjacent to an activating group) is 2. The number of carbonyl (C=O) groups is 3. The molecule has 7 nitrogen and oxygen atoms in total. The van der Waals surface area contributed by atoms with Crippen molar-refractivity contribution >= 4 is 46.5 Å². The molecule has 0 saturated carbocycles. The van der Waals surface area contributed by atoms with Gasteiger partial charge in [0.1, 0.15) is 12.2 Å². The van der Waals surface area contributed by atoms with Crippen LogP contribution < -0.4 is 9.47 Å². The van der Waals surface area contributed by atoms with Crippen LogP contribution in [0.15, 0.2) is 48.0 Å². The number of nitrogens with zero attached hydrogens (tertiary/aromatic N) is 2. The second-order valence-electron chi connectivity index (χ2n) is 6.61. The predicted octanol–water partition coefficient (Wildman–Crippen LogP) is 3.70.